The van der Waals surface area contributed by atoms with Crippen molar-refractivity contribution in [1.29, 1.82) is 0 Å². The summed E-state index contributed by atoms with van der Waals surface area (Å²) in [4.78, 5) is 28.1. The number of amides is 2. The van der Waals surface area contributed by atoms with Crippen molar-refractivity contribution >= 4 is 66.7 Å². The van der Waals surface area contributed by atoms with Crippen LogP contribution in [0.5, 0.6) is 0 Å². The van der Waals surface area contributed by atoms with E-state index in [1.165, 1.54) is 17.0 Å². The number of benzene rings is 3. The molecule has 0 saturated carbocycles. The number of anilines is 1. The first-order valence-corrected chi connectivity index (χ1v) is 14.8. The summed E-state index contributed by atoms with van der Waals surface area (Å²) < 4.78 is 29.2. The molecule has 0 fully saturated rings. The summed E-state index contributed by atoms with van der Waals surface area (Å²) in [7, 11) is -4.11. The van der Waals surface area contributed by atoms with Crippen molar-refractivity contribution in [2.24, 2.45) is 0 Å². The van der Waals surface area contributed by atoms with E-state index in [4.69, 9.17) is 23.2 Å². The molecule has 0 aliphatic carbocycles. The van der Waals surface area contributed by atoms with E-state index in [-0.39, 0.29) is 23.4 Å². The van der Waals surface area contributed by atoms with E-state index >= 15 is 0 Å². The Hall–Kier alpha value is -2.59. The van der Waals surface area contributed by atoms with Crippen LogP contribution < -0.4 is 9.62 Å². The Kier molecular flexibility index (Phi) is 10.2. The number of hydrogen-bond donors (Lipinski definition) is 1. The predicted octanol–water partition coefficient (Wildman–Crippen LogP) is 5.89. The van der Waals surface area contributed by atoms with Gasteiger partial charge in [0, 0.05) is 17.1 Å². The number of rotatable bonds is 10. The molecule has 0 aliphatic rings. The second-order valence-corrected chi connectivity index (χ2v) is 12.5. The molecule has 202 valence electrons. The van der Waals surface area contributed by atoms with Crippen molar-refractivity contribution < 1.29 is 18.0 Å². The molecular weight excluding hydrogens is 613 g/mol. The van der Waals surface area contributed by atoms with E-state index in [1.807, 2.05) is 13.8 Å². The van der Waals surface area contributed by atoms with Gasteiger partial charge in [-0.25, -0.2) is 8.42 Å². The number of nitrogens with one attached hydrogen (secondary N) is 1. The summed E-state index contributed by atoms with van der Waals surface area (Å²) in [6.45, 7) is 4.72. The van der Waals surface area contributed by atoms with Crippen LogP contribution in [0.2, 0.25) is 10.0 Å². The molecule has 38 heavy (non-hydrogen) atoms. The van der Waals surface area contributed by atoms with Crippen LogP contribution in [0.25, 0.3) is 0 Å². The maximum absolute atomic E-state index is 13.8. The van der Waals surface area contributed by atoms with Gasteiger partial charge in [0.15, 0.2) is 0 Å². The first-order chi connectivity index (χ1) is 17.9. The van der Waals surface area contributed by atoms with Crippen molar-refractivity contribution in [3.8, 4) is 0 Å². The molecule has 3 rings (SSSR count). The minimum atomic E-state index is -4.11. The van der Waals surface area contributed by atoms with Crippen molar-refractivity contribution in [3.05, 3.63) is 92.9 Å². The van der Waals surface area contributed by atoms with Crippen LogP contribution in [0.4, 0.5) is 5.69 Å². The topological polar surface area (TPSA) is 86.8 Å². The fourth-order valence-corrected chi connectivity index (χ4v) is 5.70. The lowest BCUT2D eigenvalue weighted by Gasteiger charge is -2.32. The van der Waals surface area contributed by atoms with Gasteiger partial charge in [-0.1, -0.05) is 63.4 Å². The second kappa shape index (κ2) is 13.0. The summed E-state index contributed by atoms with van der Waals surface area (Å²) in [5.74, 6) is -0.931. The van der Waals surface area contributed by atoms with E-state index in [0.717, 1.165) is 8.78 Å². The number of sulfonamides is 1. The molecule has 0 spiro atoms. The number of nitrogens with zero attached hydrogens (tertiary/aromatic N) is 2. The molecule has 0 unspecified atom stereocenters. The van der Waals surface area contributed by atoms with Crippen LogP contribution in [0.1, 0.15) is 26.3 Å². The lowest BCUT2D eigenvalue weighted by atomic mass is 10.1. The first-order valence-electron chi connectivity index (χ1n) is 11.8. The highest BCUT2D eigenvalue weighted by Crippen LogP contribution is 2.27. The smallest absolute Gasteiger partial charge is 0.264 e. The Bertz CT molecular complexity index is 1390. The maximum atomic E-state index is 13.8. The van der Waals surface area contributed by atoms with E-state index in [2.05, 4.69) is 21.2 Å². The van der Waals surface area contributed by atoms with Crippen molar-refractivity contribution in [2.45, 2.75) is 44.3 Å². The molecule has 3 aromatic rings. The summed E-state index contributed by atoms with van der Waals surface area (Å²) in [5, 5.41) is 3.47. The van der Waals surface area contributed by atoms with Gasteiger partial charge in [-0.15, -0.1) is 0 Å². The predicted molar refractivity (Wildman–Crippen MR) is 155 cm³/mol. The zero-order chi connectivity index (χ0) is 28.0. The van der Waals surface area contributed by atoms with Crippen LogP contribution >= 0.6 is 39.1 Å². The van der Waals surface area contributed by atoms with Crippen molar-refractivity contribution in [1.82, 2.24) is 10.2 Å². The lowest BCUT2D eigenvalue weighted by Crippen LogP contribution is -2.52. The SMILES string of the molecule is CC(C)NC(=O)[C@@H](C)N(Cc1ccc(Cl)c(Cl)c1)C(=O)CN(c1ccc(Br)cc1)S(=O)(=O)c1ccccc1. The summed E-state index contributed by atoms with van der Waals surface area (Å²) in [5.41, 5.74) is 0.942. The van der Waals surface area contributed by atoms with Gasteiger partial charge in [-0.2, -0.15) is 0 Å². The van der Waals surface area contributed by atoms with Gasteiger partial charge in [0.25, 0.3) is 10.0 Å². The average molecular weight is 641 g/mol. The molecule has 3 aromatic carbocycles. The highest BCUT2D eigenvalue weighted by atomic mass is 79.9. The largest absolute Gasteiger partial charge is 0.352 e. The highest BCUT2D eigenvalue weighted by Gasteiger charge is 2.32. The van der Waals surface area contributed by atoms with Crippen LogP contribution in [0.15, 0.2) is 82.2 Å². The molecule has 2 amide bonds. The third kappa shape index (κ3) is 7.50. The third-order valence-corrected chi connectivity index (χ3v) is 8.72. The molecular formula is C27H28BrCl2N3O4S. The first kappa shape index (κ1) is 30.0. The molecule has 0 aromatic heterocycles. The highest BCUT2D eigenvalue weighted by molar-refractivity contribution is 9.10. The molecule has 0 radical (unpaired) electrons. The monoisotopic (exact) mass is 639 g/mol. The van der Waals surface area contributed by atoms with Gasteiger partial charge < -0.3 is 10.2 Å². The quantitative estimate of drug-likeness (QED) is 0.299. The Balaban J connectivity index is 2.02. The summed E-state index contributed by atoms with van der Waals surface area (Å²) in [6, 6.07) is 18.4. The van der Waals surface area contributed by atoms with Crippen LogP contribution in [0.3, 0.4) is 0 Å². The zero-order valence-electron chi connectivity index (χ0n) is 21.1. The van der Waals surface area contributed by atoms with Crippen molar-refractivity contribution in [2.75, 3.05) is 10.8 Å². The van der Waals surface area contributed by atoms with Gasteiger partial charge >= 0.3 is 0 Å². The second-order valence-electron chi connectivity index (χ2n) is 8.91. The van der Waals surface area contributed by atoms with E-state index < -0.39 is 28.5 Å². The number of halogens is 3. The molecule has 0 bridgehead atoms. The Morgan fingerprint density at radius 1 is 0.921 bits per heavy atom. The number of carbonyl (C=O) groups is 2. The number of carbonyl (C=O) groups excluding carboxylic acids is 2. The molecule has 11 heteroatoms. The van der Waals surface area contributed by atoms with Gasteiger partial charge in [0.1, 0.15) is 12.6 Å². The third-order valence-electron chi connectivity index (χ3n) is 5.66. The molecule has 1 atom stereocenters. The summed E-state index contributed by atoms with van der Waals surface area (Å²) >= 11 is 15.6. The molecule has 0 saturated heterocycles. The van der Waals surface area contributed by atoms with E-state index in [1.54, 1.807) is 67.6 Å². The van der Waals surface area contributed by atoms with Crippen LogP contribution in [0, 0.1) is 0 Å². The van der Waals surface area contributed by atoms with Crippen LogP contribution in [-0.4, -0.2) is 43.8 Å². The molecule has 0 heterocycles. The van der Waals surface area contributed by atoms with Gasteiger partial charge in [-0.3, -0.25) is 13.9 Å². The standard InChI is InChI=1S/C27H28BrCl2N3O4S/c1-18(2)31-27(35)19(3)32(16-20-9-14-24(29)25(30)15-20)26(34)17-33(22-12-10-21(28)11-13-22)38(36,37)23-7-5-4-6-8-23/h4-15,18-19H,16-17H2,1-3H3,(H,31,35)/t19-/m1/s1. The normalized spacial score (nSPS) is 12.2. The number of hydrogen-bond acceptors (Lipinski definition) is 4. The summed E-state index contributed by atoms with van der Waals surface area (Å²) in [6.07, 6.45) is 0. The Labute approximate surface area is 241 Å². The minimum Gasteiger partial charge on any atom is -0.352 e. The fraction of sp³-hybridized carbons (Fsp3) is 0.259. The molecule has 1 N–H and O–H groups in total. The van der Waals surface area contributed by atoms with Crippen LogP contribution in [-0.2, 0) is 26.2 Å². The zero-order valence-corrected chi connectivity index (χ0v) is 25.0. The Morgan fingerprint density at radius 3 is 2.13 bits per heavy atom. The fourth-order valence-electron chi connectivity index (χ4n) is 3.68. The van der Waals surface area contributed by atoms with Gasteiger partial charge in [0.05, 0.1) is 20.6 Å². The maximum Gasteiger partial charge on any atom is 0.264 e. The van der Waals surface area contributed by atoms with Gasteiger partial charge in [0.2, 0.25) is 11.8 Å². The Morgan fingerprint density at radius 2 is 1.55 bits per heavy atom. The minimum absolute atomic E-state index is 0.0158. The van der Waals surface area contributed by atoms with E-state index in [0.29, 0.717) is 21.3 Å². The average Bonchev–Trinajstić information content (AvgIpc) is 2.88. The van der Waals surface area contributed by atoms with Gasteiger partial charge in [-0.05, 0) is 74.9 Å². The molecule has 7 nitrogen and oxygen atoms in total. The molecule has 0 aliphatic heterocycles. The van der Waals surface area contributed by atoms with E-state index in [9.17, 15) is 18.0 Å². The van der Waals surface area contributed by atoms with Crippen molar-refractivity contribution in [3.63, 3.8) is 0 Å². The lowest BCUT2D eigenvalue weighted by molar-refractivity contribution is -0.139.